The average molecular weight is 421 g/mol. The standard InChI is InChI=1S/C15H23N3O3.HI/c16-15(17-7-3-9-20-11-8-19)18-13-6-10-21-14-5-2-1-4-12(13)14;/h1-2,4-5,13,19H,3,6-11H2,(H3,16,17,18);1H. The Kier molecular flexibility index (Phi) is 9.17. The van der Waals surface area contributed by atoms with E-state index in [1.807, 2.05) is 24.3 Å². The molecule has 1 aromatic rings. The molecule has 1 heterocycles. The van der Waals surface area contributed by atoms with E-state index in [-0.39, 0.29) is 36.6 Å². The van der Waals surface area contributed by atoms with Gasteiger partial charge in [-0.05, 0) is 12.5 Å². The van der Waals surface area contributed by atoms with Gasteiger partial charge in [0.2, 0.25) is 0 Å². The van der Waals surface area contributed by atoms with Crippen molar-refractivity contribution in [3.63, 3.8) is 0 Å². The second-order valence-corrected chi connectivity index (χ2v) is 4.83. The third kappa shape index (κ3) is 5.98. The topological polar surface area (TPSA) is 89.1 Å². The van der Waals surface area contributed by atoms with E-state index in [1.165, 1.54) is 0 Å². The first-order chi connectivity index (χ1) is 10.3. The molecule has 0 saturated carbocycles. The van der Waals surface area contributed by atoms with Crippen LogP contribution in [0, 0.1) is 0 Å². The number of benzene rings is 1. The minimum Gasteiger partial charge on any atom is -0.493 e. The first-order valence-electron chi connectivity index (χ1n) is 7.28. The fourth-order valence-electron chi connectivity index (χ4n) is 2.25. The molecule has 7 heteroatoms. The van der Waals surface area contributed by atoms with Gasteiger partial charge in [0.05, 0.1) is 25.9 Å². The number of guanidine groups is 1. The van der Waals surface area contributed by atoms with Crippen LogP contribution >= 0.6 is 24.0 Å². The van der Waals surface area contributed by atoms with Crippen molar-refractivity contribution in [3.8, 4) is 5.75 Å². The molecule has 4 N–H and O–H groups in total. The molecular formula is C15H24IN3O3. The van der Waals surface area contributed by atoms with E-state index in [4.69, 9.17) is 20.3 Å². The largest absolute Gasteiger partial charge is 0.493 e. The molecule has 22 heavy (non-hydrogen) atoms. The highest BCUT2D eigenvalue weighted by atomic mass is 127. The van der Waals surface area contributed by atoms with Crippen molar-refractivity contribution in [1.29, 1.82) is 0 Å². The smallest absolute Gasteiger partial charge is 0.189 e. The van der Waals surface area contributed by atoms with Crippen LogP contribution in [0.1, 0.15) is 24.4 Å². The third-order valence-corrected chi connectivity index (χ3v) is 3.25. The van der Waals surface area contributed by atoms with Crippen molar-refractivity contribution in [2.75, 3.05) is 33.0 Å². The number of para-hydroxylation sites is 1. The fourth-order valence-corrected chi connectivity index (χ4v) is 2.25. The molecule has 0 radical (unpaired) electrons. The molecule has 0 amide bonds. The molecule has 1 aromatic carbocycles. The molecule has 0 fully saturated rings. The number of halogens is 1. The van der Waals surface area contributed by atoms with Crippen LogP contribution in [0.4, 0.5) is 0 Å². The van der Waals surface area contributed by atoms with Gasteiger partial charge in [0.25, 0.3) is 0 Å². The van der Waals surface area contributed by atoms with Crippen LogP contribution in [0.3, 0.4) is 0 Å². The summed E-state index contributed by atoms with van der Waals surface area (Å²) < 4.78 is 10.8. The van der Waals surface area contributed by atoms with Gasteiger partial charge in [0.1, 0.15) is 5.75 Å². The van der Waals surface area contributed by atoms with E-state index in [1.54, 1.807) is 0 Å². The number of aliphatic hydroxyl groups is 1. The Morgan fingerprint density at radius 1 is 1.41 bits per heavy atom. The Labute approximate surface area is 148 Å². The number of nitrogens with one attached hydrogen (secondary N) is 1. The molecule has 1 atom stereocenters. The van der Waals surface area contributed by atoms with Crippen LogP contribution < -0.4 is 15.8 Å². The summed E-state index contributed by atoms with van der Waals surface area (Å²) in [4.78, 5) is 4.29. The Morgan fingerprint density at radius 3 is 3.05 bits per heavy atom. The van der Waals surface area contributed by atoms with Gasteiger partial charge in [-0.25, -0.2) is 0 Å². The Balaban J connectivity index is 0.00000242. The number of aliphatic imine (C=N–C) groups is 1. The van der Waals surface area contributed by atoms with Gasteiger partial charge in [0.15, 0.2) is 5.96 Å². The zero-order valence-corrected chi connectivity index (χ0v) is 14.9. The van der Waals surface area contributed by atoms with E-state index >= 15 is 0 Å². The highest BCUT2D eigenvalue weighted by Gasteiger charge is 2.20. The van der Waals surface area contributed by atoms with E-state index in [2.05, 4.69) is 10.3 Å². The molecule has 1 unspecified atom stereocenters. The summed E-state index contributed by atoms with van der Waals surface area (Å²) in [7, 11) is 0. The van der Waals surface area contributed by atoms with Gasteiger partial charge >= 0.3 is 0 Å². The van der Waals surface area contributed by atoms with Crippen LogP contribution in [0.2, 0.25) is 0 Å². The molecule has 6 nitrogen and oxygen atoms in total. The van der Waals surface area contributed by atoms with Crippen LogP contribution in [-0.2, 0) is 4.74 Å². The van der Waals surface area contributed by atoms with E-state index in [0.717, 1.165) is 24.2 Å². The normalized spacial score (nSPS) is 17.1. The Hall–Kier alpha value is -1.06. The summed E-state index contributed by atoms with van der Waals surface area (Å²) in [5.74, 6) is 1.35. The zero-order valence-electron chi connectivity index (χ0n) is 12.5. The van der Waals surface area contributed by atoms with Crippen molar-refractivity contribution >= 4 is 29.9 Å². The maximum atomic E-state index is 8.58. The summed E-state index contributed by atoms with van der Waals surface area (Å²) in [6, 6.07) is 8.11. The zero-order chi connectivity index (χ0) is 14.9. The quantitative estimate of drug-likeness (QED) is 0.268. The molecule has 0 saturated heterocycles. The number of ether oxygens (including phenoxy) is 2. The Morgan fingerprint density at radius 2 is 2.23 bits per heavy atom. The third-order valence-electron chi connectivity index (χ3n) is 3.25. The van der Waals surface area contributed by atoms with Crippen molar-refractivity contribution in [2.45, 2.75) is 18.9 Å². The molecule has 0 aliphatic carbocycles. The second kappa shape index (κ2) is 10.6. The number of rotatable bonds is 7. The van der Waals surface area contributed by atoms with Gasteiger partial charge in [-0.2, -0.15) is 0 Å². The predicted octanol–water partition coefficient (Wildman–Crippen LogP) is 1.43. The number of fused-ring (bicyclic) bond motifs is 1. The second-order valence-electron chi connectivity index (χ2n) is 4.83. The summed E-state index contributed by atoms with van der Waals surface area (Å²) in [6.45, 7) is 2.29. The van der Waals surface area contributed by atoms with Crippen LogP contribution in [-0.4, -0.2) is 44.0 Å². The number of nitrogens with zero attached hydrogens (tertiary/aromatic N) is 1. The van der Waals surface area contributed by atoms with Crippen LogP contribution in [0.5, 0.6) is 5.75 Å². The molecular weight excluding hydrogens is 397 g/mol. The molecule has 0 bridgehead atoms. The van der Waals surface area contributed by atoms with Crippen molar-refractivity contribution < 1.29 is 14.6 Å². The van der Waals surface area contributed by atoms with Gasteiger partial charge < -0.3 is 25.6 Å². The monoisotopic (exact) mass is 421 g/mol. The molecule has 1 aliphatic heterocycles. The lowest BCUT2D eigenvalue weighted by Crippen LogP contribution is -2.37. The van der Waals surface area contributed by atoms with Crippen molar-refractivity contribution in [3.05, 3.63) is 29.8 Å². The lowest BCUT2D eigenvalue weighted by atomic mass is 10.0. The fraction of sp³-hybridized carbons (Fsp3) is 0.533. The molecule has 0 spiro atoms. The van der Waals surface area contributed by atoms with E-state index in [0.29, 0.717) is 32.3 Å². The van der Waals surface area contributed by atoms with Crippen LogP contribution in [0.15, 0.2) is 29.3 Å². The summed E-state index contributed by atoms with van der Waals surface area (Å²) in [5.41, 5.74) is 7.04. The van der Waals surface area contributed by atoms with Gasteiger partial charge in [0, 0.05) is 25.1 Å². The lowest BCUT2D eigenvalue weighted by Gasteiger charge is -2.26. The minimum atomic E-state index is 0. The molecule has 124 valence electrons. The van der Waals surface area contributed by atoms with E-state index < -0.39 is 0 Å². The first-order valence-corrected chi connectivity index (χ1v) is 7.28. The maximum Gasteiger partial charge on any atom is 0.189 e. The van der Waals surface area contributed by atoms with Crippen molar-refractivity contribution in [1.82, 2.24) is 5.32 Å². The minimum absolute atomic E-state index is 0. The van der Waals surface area contributed by atoms with E-state index in [9.17, 15) is 0 Å². The Bertz CT molecular complexity index is 471. The van der Waals surface area contributed by atoms with Gasteiger partial charge in [-0.15, -0.1) is 24.0 Å². The number of hydrogen-bond donors (Lipinski definition) is 3. The van der Waals surface area contributed by atoms with Crippen LogP contribution in [0.25, 0.3) is 0 Å². The first kappa shape index (κ1) is 19.0. The maximum absolute atomic E-state index is 8.58. The summed E-state index contributed by atoms with van der Waals surface area (Å²) in [5, 5.41) is 11.8. The number of nitrogens with two attached hydrogens (primary N) is 1. The lowest BCUT2D eigenvalue weighted by molar-refractivity contribution is 0.0918. The van der Waals surface area contributed by atoms with Crippen molar-refractivity contribution in [2.24, 2.45) is 10.7 Å². The highest BCUT2D eigenvalue weighted by molar-refractivity contribution is 14.0. The number of hydrogen-bond acceptors (Lipinski definition) is 4. The summed E-state index contributed by atoms with van der Waals surface area (Å²) >= 11 is 0. The highest BCUT2D eigenvalue weighted by Crippen LogP contribution is 2.31. The van der Waals surface area contributed by atoms with Gasteiger partial charge in [-0.3, -0.25) is 4.99 Å². The SMILES string of the molecule is I.NC(=NCCCOCCO)NC1CCOc2ccccc21. The molecule has 0 aromatic heterocycles. The van der Waals surface area contributed by atoms with Gasteiger partial charge in [-0.1, -0.05) is 18.2 Å². The summed E-state index contributed by atoms with van der Waals surface area (Å²) in [6.07, 6.45) is 1.65. The number of aliphatic hydroxyl groups excluding tert-OH is 1. The average Bonchev–Trinajstić information content (AvgIpc) is 2.51. The molecule has 1 aliphatic rings. The predicted molar refractivity (Wildman–Crippen MR) is 96.9 cm³/mol. The molecule has 2 rings (SSSR count).